The van der Waals surface area contributed by atoms with Crippen molar-refractivity contribution in [2.24, 2.45) is 0 Å². The fourth-order valence-corrected chi connectivity index (χ4v) is 1.80. The minimum absolute atomic E-state index is 0.169. The molecule has 0 unspecified atom stereocenters. The van der Waals surface area contributed by atoms with E-state index in [9.17, 15) is 9.59 Å². The van der Waals surface area contributed by atoms with Gasteiger partial charge >= 0.3 is 5.97 Å². The third-order valence-electron chi connectivity index (χ3n) is 2.73. The van der Waals surface area contributed by atoms with Crippen LogP contribution < -0.4 is 5.48 Å². The largest absolute Gasteiger partial charge is 0.341 e. The number of benzene rings is 2. The lowest BCUT2D eigenvalue weighted by atomic mass is 10.0. The van der Waals surface area contributed by atoms with Crippen LogP contribution in [0.5, 0.6) is 0 Å². The van der Waals surface area contributed by atoms with E-state index in [4.69, 9.17) is 0 Å². The number of amides is 1. The van der Waals surface area contributed by atoms with Crippen LogP contribution in [0.25, 0.3) is 11.1 Å². The van der Waals surface area contributed by atoms with Crippen LogP contribution in [0.3, 0.4) is 0 Å². The van der Waals surface area contributed by atoms with Gasteiger partial charge in [-0.05, 0) is 16.7 Å². The molecule has 2 aromatic rings. The Labute approximate surface area is 117 Å². The molecule has 2 rings (SSSR count). The molecule has 20 heavy (non-hydrogen) atoms. The highest BCUT2D eigenvalue weighted by molar-refractivity contribution is 5.79. The van der Waals surface area contributed by atoms with Crippen LogP contribution in [0.4, 0.5) is 0 Å². The highest BCUT2D eigenvalue weighted by atomic mass is 16.7. The number of hydroxylamine groups is 1. The molecule has 0 aliphatic carbocycles. The first-order valence-corrected chi connectivity index (χ1v) is 6.26. The second-order valence-electron chi connectivity index (χ2n) is 4.36. The van der Waals surface area contributed by atoms with Crippen molar-refractivity contribution >= 4 is 11.9 Å². The summed E-state index contributed by atoms with van der Waals surface area (Å²) in [4.78, 5) is 26.5. The van der Waals surface area contributed by atoms with Gasteiger partial charge < -0.3 is 4.84 Å². The second-order valence-corrected chi connectivity index (χ2v) is 4.36. The minimum atomic E-state index is -0.544. The van der Waals surface area contributed by atoms with Crippen molar-refractivity contribution in [1.29, 1.82) is 0 Å². The molecule has 4 nitrogen and oxygen atoms in total. The van der Waals surface area contributed by atoms with Crippen molar-refractivity contribution in [2.75, 3.05) is 0 Å². The third kappa shape index (κ3) is 3.95. The number of carbonyl (C=O) groups is 2. The van der Waals surface area contributed by atoms with Crippen LogP contribution in [-0.4, -0.2) is 11.9 Å². The number of carbonyl (C=O) groups excluding carboxylic acids is 2. The van der Waals surface area contributed by atoms with Crippen molar-refractivity contribution in [3.8, 4) is 11.1 Å². The van der Waals surface area contributed by atoms with Gasteiger partial charge in [-0.2, -0.15) is 5.48 Å². The second kappa shape index (κ2) is 6.52. The lowest BCUT2D eigenvalue weighted by molar-refractivity contribution is -0.155. The molecule has 0 heterocycles. The van der Waals surface area contributed by atoms with E-state index in [0.29, 0.717) is 0 Å². The molecule has 0 aliphatic heterocycles. The van der Waals surface area contributed by atoms with Gasteiger partial charge in [0.1, 0.15) is 0 Å². The van der Waals surface area contributed by atoms with E-state index in [0.717, 1.165) is 16.7 Å². The third-order valence-corrected chi connectivity index (χ3v) is 2.73. The fourth-order valence-electron chi connectivity index (χ4n) is 1.80. The zero-order valence-corrected chi connectivity index (χ0v) is 11.1. The summed E-state index contributed by atoms with van der Waals surface area (Å²) in [6.07, 6.45) is 0.169. The number of hydrogen-bond acceptors (Lipinski definition) is 3. The lowest BCUT2D eigenvalue weighted by Gasteiger charge is -2.05. The normalized spacial score (nSPS) is 9.85. The average Bonchev–Trinajstić information content (AvgIpc) is 2.47. The summed E-state index contributed by atoms with van der Waals surface area (Å²) in [5.41, 5.74) is 5.16. The standard InChI is InChI=1S/C16H15NO3/c1-12(18)20-17-16(19)11-13-7-9-15(10-8-13)14-5-3-2-4-6-14/h2-10H,11H2,1H3,(H,17,19). The Kier molecular flexibility index (Phi) is 4.50. The van der Waals surface area contributed by atoms with Gasteiger partial charge in [-0.3, -0.25) is 9.59 Å². The van der Waals surface area contributed by atoms with Crippen LogP contribution in [0, 0.1) is 0 Å². The first kappa shape index (κ1) is 13.8. The first-order valence-electron chi connectivity index (χ1n) is 6.26. The van der Waals surface area contributed by atoms with Crippen molar-refractivity contribution < 1.29 is 14.4 Å². The molecule has 2 aromatic carbocycles. The molecule has 0 fully saturated rings. The molecule has 0 atom stereocenters. The van der Waals surface area contributed by atoms with E-state index in [2.05, 4.69) is 10.3 Å². The average molecular weight is 269 g/mol. The Morgan fingerprint density at radius 1 is 0.950 bits per heavy atom. The van der Waals surface area contributed by atoms with Crippen LogP contribution in [-0.2, 0) is 20.8 Å². The van der Waals surface area contributed by atoms with E-state index in [1.807, 2.05) is 54.6 Å². The van der Waals surface area contributed by atoms with Gasteiger partial charge in [-0.25, -0.2) is 0 Å². The van der Waals surface area contributed by atoms with Crippen LogP contribution >= 0.6 is 0 Å². The van der Waals surface area contributed by atoms with Gasteiger partial charge in [0.2, 0.25) is 0 Å². The smallest absolute Gasteiger partial charge is 0.329 e. The number of hydrogen-bond donors (Lipinski definition) is 1. The van der Waals surface area contributed by atoms with Gasteiger partial charge in [0.05, 0.1) is 6.42 Å². The summed E-state index contributed by atoms with van der Waals surface area (Å²) >= 11 is 0. The van der Waals surface area contributed by atoms with Crippen LogP contribution in [0.2, 0.25) is 0 Å². The number of nitrogens with one attached hydrogen (secondary N) is 1. The molecule has 102 valence electrons. The molecule has 0 bridgehead atoms. The first-order chi connectivity index (χ1) is 9.65. The Morgan fingerprint density at radius 3 is 2.15 bits per heavy atom. The lowest BCUT2D eigenvalue weighted by Crippen LogP contribution is -2.27. The summed E-state index contributed by atoms with van der Waals surface area (Å²) in [6.45, 7) is 1.23. The highest BCUT2D eigenvalue weighted by Gasteiger charge is 2.05. The molecule has 1 amide bonds. The van der Waals surface area contributed by atoms with Crippen LogP contribution in [0.15, 0.2) is 54.6 Å². The minimum Gasteiger partial charge on any atom is -0.341 e. The molecule has 0 saturated heterocycles. The Hall–Kier alpha value is -2.62. The maximum Gasteiger partial charge on any atom is 0.329 e. The van der Waals surface area contributed by atoms with Crippen LogP contribution in [0.1, 0.15) is 12.5 Å². The number of rotatable bonds is 3. The van der Waals surface area contributed by atoms with Gasteiger partial charge in [0.25, 0.3) is 5.91 Å². The van der Waals surface area contributed by atoms with Crippen molar-refractivity contribution in [2.45, 2.75) is 13.3 Å². The highest BCUT2D eigenvalue weighted by Crippen LogP contribution is 2.19. The summed E-state index contributed by atoms with van der Waals surface area (Å²) in [7, 11) is 0. The summed E-state index contributed by atoms with van der Waals surface area (Å²) in [5, 5.41) is 0. The van der Waals surface area contributed by atoms with E-state index in [1.54, 1.807) is 0 Å². The summed E-state index contributed by atoms with van der Waals surface area (Å²) in [5.74, 6) is -0.898. The van der Waals surface area contributed by atoms with Gasteiger partial charge in [0.15, 0.2) is 0 Å². The predicted molar refractivity (Wildman–Crippen MR) is 75.5 cm³/mol. The van der Waals surface area contributed by atoms with E-state index >= 15 is 0 Å². The summed E-state index contributed by atoms with van der Waals surface area (Å²) < 4.78 is 0. The monoisotopic (exact) mass is 269 g/mol. The van der Waals surface area contributed by atoms with Crippen molar-refractivity contribution in [3.63, 3.8) is 0 Å². The molecular weight excluding hydrogens is 254 g/mol. The molecule has 4 heteroatoms. The van der Waals surface area contributed by atoms with Crippen molar-refractivity contribution in [1.82, 2.24) is 5.48 Å². The van der Waals surface area contributed by atoms with Gasteiger partial charge in [-0.15, -0.1) is 0 Å². The fraction of sp³-hybridized carbons (Fsp3) is 0.125. The predicted octanol–water partition coefficient (Wildman–Crippen LogP) is 2.49. The molecule has 0 radical (unpaired) electrons. The van der Waals surface area contributed by atoms with Gasteiger partial charge in [-0.1, -0.05) is 54.6 Å². The molecule has 0 spiro atoms. The van der Waals surface area contributed by atoms with E-state index in [-0.39, 0.29) is 12.3 Å². The Balaban J connectivity index is 1.98. The molecule has 1 N–H and O–H groups in total. The zero-order valence-electron chi connectivity index (χ0n) is 11.1. The van der Waals surface area contributed by atoms with E-state index < -0.39 is 5.97 Å². The maximum atomic E-state index is 11.5. The van der Waals surface area contributed by atoms with E-state index in [1.165, 1.54) is 6.92 Å². The van der Waals surface area contributed by atoms with Gasteiger partial charge in [0, 0.05) is 6.92 Å². The quantitative estimate of drug-likeness (QED) is 0.871. The zero-order chi connectivity index (χ0) is 14.4. The maximum absolute atomic E-state index is 11.5. The molecule has 0 saturated carbocycles. The molecular formula is C16H15NO3. The molecule has 0 aromatic heterocycles. The Morgan fingerprint density at radius 2 is 1.55 bits per heavy atom. The van der Waals surface area contributed by atoms with Crippen molar-refractivity contribution in [3.05, 3.63) is 60.2 Å². The Bertz CT molecular complexity index is 591. The topological polar surface area (TPSA) is 55.4 Å². The summed E-state index contributed by atoms with van der Waals surface area (Å²) in [6, 6.07) is 17.7. The molecule has 0 aliphatic rings. The SMILES string of the molecule is CC(=O)ONC(=O)Cc1ccc(-c2ccccc2)cc1.